The maximum Gasteiger partial charge on any atom is -0.0326 e. The van der Waals surface area contributed by atoms with Crippen LogP contribution in [0.3, 0.4) is 0 Å². The van der Waals surface area contributed by atoms with E-state index in [-0.39, 0.29) is 0 Å². The number of rotatable bonds is 12. The van der Waals surface area contributed by atoms with Crippen molar-refractivity contribution in [3.05, 3.63) is 12.2 Å². The van der Waals surface area contributed by atoms with Gasteiger partial charge in [-0.1, -0.05) is 167 Å². The van der Waals surface area contributed by atoms with Crippen molar-refractivity contribution < 1.29 is 0 Å². The minimum Gasteiger partial charge on any atom is -0.100 e. The summed E-state index contributed by atoms with van der Waals surface area (Å²) in [5.74, 6) is 2.70. The lowest BCUT2D eigenvalue weighted by atomic mass is 10.1. The second-order valence-electron chi connectivity index (χ2n) is 9.40. The van der Waals surface area contributed by atoms with Crippen LogP contribution in [0.2, 0.25) is 0 Å². The van der Waals surface area contributed by atoms with E-state index in [1.54, 1.807) is 0 Å². The maximum atomic E-state index is 3.90. The van der Waals surface area contributed by atoms with E-state index in [1.807, 2.05) is 27.7 Å². The van der Waals surface area contributed by atoms with E-state index < -0.39 is 0 Å². The van der Waals surface area contributed by atoms with Gasteiger partial charge in [-0.15, -0.1) is 6.58 Å². The van der Waals surface area contributed by atoms with E-state index in [4.69, 9.17) is 0 Å². The molecule has 0 unspecified atom stereocenters. The van der Waals surface area contributed by atoms with E-state index in [2.05, 4.69) is 82.7 Å². The van der Waals surface area contributed by atoms with Crippen LogP contribution < -0.4 is 0 Å². The smallest absolute Gasteiger partial charge is 0.0326 e. The van der Waals surface area contributed by atoms with Crippen LogP contribution in [0.4, 0.5) is 0 Å². The summed E-state index contributed by atoms with van der Waals surface area (Å²) in [5.41, 5.74) is 1.34. The summed E-state index contributed by atoms with van der Waals surface area (Å²) in [4.78, 5) is 0. The van der Waals surface area contributed by atoms with Gasteiger partial charge in [-0.3, -0.25) is 0 Å². The Labute approximate surface area is 210 Å². The van der Waals surface area contributed by atoms with Crippen molar-refractivity contribution in [1.82, 2.24) is 0 Å². The molecule has 0 aromatic heterocycles. The predicted octanol–water partition coefficient (Wildman–Crippen LogP) is 13.3. The molecule has 0 nitrogen and oxygen atoms in total. The molecule has 0 radical (unpaired) electrons. The first kappa shape index (κ1) is 45.3. The number of hydrogen-bond donors (Lipinski definition) is 0. The van der Waals surface area contributed by atoms with Crippen LogP contribution in [-0.2, 0) is 0 Å². The van der Waals surface area contributed by atoms with Crippen LogP contribution in [0.15, 0.2) is 12.2 Å². The van der Waals surface area contributed by atoms with Gasteiger partial charge >= 0.3 is 0 Å². The van der Waals surface area contributed by atoms with Gasteiger partial charge in [-0.05, 0) is 37.5 Å². The van der Waals surface area contributed by atoms with Gasteiger partial charge in [0, 0.05) is 0 Å². The predicted molar refractivity (Wildman–Crippen MR) is 160 cm³/mol. The molecule has 0 heteroatoms. The van der Waals surface area contributed by atoms with Gasteiger partial charge in [0.25, 0.3) is 0 Å². The van der Waals surface area contributed by atoms with Crippen molar-refractivity contribution >= 4 is 0 Å². The van der Waals surface area contributed by atoms with E-state index in [9.17, 15) is 0 Å². The second kappa shape index (κ2) is 48.2. The lowest BCUT2D eigenvalue weighted by Gasteiger charge is -2.00. The lowest BCUT2D eigenvalue weighted by Crippen LogP contribution is -1.85. The third kappa shape index (κ3) is 87.7. The zero-order valence-electron chi connectivity index (χ0n) is 26.4. The molecular weight excluding hydrogens is 384 g/mol. The lowest BCUT2D eigenvalue weighted by molar-refractivity contribution is 0.544. The summed E-state index contributed by atoms with van der Waals surface area (Å²) < 4.78 is 0. The highest BCUT2D eigenvalue weighted by Gasteiger charge is 1.91. The summed E-state index contributed by atoms with van der Waals surface area (Å²) >= 11 is 0. The van der Waals surface area contributed by atoms with Crippen LogP contribution in [0.25, 0.3) is 0 Å². The van der Waals surface area contributed by atoms with Gasteiger partial charge in [0.1, 0.15) is 0 Å². The highest BCUT2D eigenvalue weighted by Crippen LogP contribution is 2.10. The molecule has 0 aliphatic rings. The van der Waals surface area contributed by atoms with Crippen molar-refractivity contribution in [3.8, 4) is 0 Å². The Hall–Kier alpha value is -0.260. The Balaban J connectivity index is -0.0000000720. The largest absolute Gasteiger partial charge is 0.100 e. The van der Waals surface area contributed by atoms with E-state index >= 15 is 0 Å². The number of unbranched alkanes of at least 4 members (excludes halogenated alkanes) is 6. The molecule has 0 aromatic rings. The molecule has 0 saturated carbocycles. The molecule has 0 N–H and O–H groups in total. The van der Waals surface area contributed by atoms with Gasteiger partial charge in [0.2, 0.25) is 0 Å². The fourth-order valence-electron chi connectivity index (χ4n) is 1.96. The third-order valence-corrected chi connectivity index (χ3v) is 4.99. The topological polar surface area (TPSA) is 0 Å². The Morgan fingerprint density at radius 3 is 0.969 bits per heavy atom. The van der Waals surface area contributed by atoms with Crippen LogP contribution in [0.5, 0.6) is 0 Å². The molecule has 0 rings (SSSR count). The zero-order chi connectivity index (χ0) is 26.8. The van der Waals surface area contributed by atoms with Gasteiger partial charge < -0.3 is 0 Å². The Morgan fingerprint density at radius 1 is 0.531 bits per heavy atom. The van der Waals surface area contributed by atoms with Crippen LogP contribution in [0, 0.1) is 17.8 Å². The van der Waals surface area contributed by atoms with Gasteiger partial charge in [0.05, 0.1) is 0 Å². The SMILES string of the molecule is C=C(C)CCCCCCCCC.CC.CC.CC(C)C.CCC(C)CC.CCC(C)CC. The Bertz CT molecular complexity index is 230. The molecule has 0 heterocycles. The van der Waals surface area contributed by atoms with Crippen molar-refractivity contribution in [2.75, 3.05) is 0 Å². The average Bonchev–Trinajstić information content (AvgIpc) is 2.80. The standard InChI is InChI=1S/C12H24.2C6H14.C4H10.2C2H6/c1-4-5-6-7-8-9-10-11-12(2)3;2*1-4-6(3)5-2;1-4(2)3;2*1-2/h2,4-11H2,1,3H3;2*6H,4-5H2,1-3H3;4H,1-3H3;2*1-2H3. The normalized spacial score (nSPS) is 9.06. The van der Waals surface area contributed by atoms with Gasteiger partial charge in [0.15, 0.2) is 0 Å². The van der Waals surface area contributed by atoms with Crippen molar-refractivity contribution in [2.45, 2.75) is 181 Å². The Kier molecular flexibility index (Phi) is 68.2. The minimum atomic E-state index is 0.833. The van der Waals surface area contributed by atoms with Crippen LogP contribution in [-0.4, -0.2) is 0 Å². The Morgan fingerprint density at radius 2 is 0.781 bits per heavy atom. The van der Waals surface area contributed by atoms with Gasteiger partial charge in [-0.2, -0.15) is 0 Å². The van der Waals surface area contributed by atoms with Crippen molar-refractivity contribution in [3.63, 3.8) is 0 Å². The third-order valence-electron chi connectivity index (χ3n) is 4.99. The first-order valence-electron chi connectivity index (χ1n) is 14.8. The molecule has 0 aliphatic carbocycles. The zero-order valence-corrected chi connectivity index (χ0v) is 26.4. The summed E-state index contributed by atoms with van der Waals surface area (Å²) in [6.45, 7) is 36.3. The van der Waals surface area contributed by atoms with E-state index in [0.717, 1.165) is 17.8 Å². The first-order valence-corrected chi connectivity index (χ1v) is 14.8. The molecule has 0 spiro atoms. The summed E-state index contributed by atoms with van der Waals surface area (Å²) in [6, 6.07) is 0. The highest BCUT2D eigenvalue weighted by atomic mass is 14.0. The van der Waals surface area contributed by atoms with Crippen LogP contribution in [0.1, 0.15) is 181 Å². The molecule has 0 aromatic carbocycles. The minimum absolute atomic E-state index is 0.833. The first-order chi connectivity index (χ1) is 15.1. The monoisotopic (exact) mass is 459 g/mol. The molecule has 0 fully saturated rings. The van der Waals surface area contributed by atoms with Crippen molar-refractivity contribution in [2.24, 2.45) is 17.8 Å². The fourth-order valence-corrected chi connectivity index (χ4v) is 1.96. The van der Waals surface area contributed by atoms with E-state index in [1.165, 1.54) is 82.6 Å². The molecular formula is C32H74. The number of allylic oxidation sites excluding steroid dienone is 1. The molecule has 0 atom stereocenters. The molecule has 0 amide bonds. The quantitative estimate of drug-likeness (QED) is 0.201. The average molecular weight is 459 g/mol. The second-order valence-corrected chi connectivity index (χ2v) is 9.40. The van der Waals surface area contributed by atoms with Gasteiger partial charge in [-0.25, -0.2) is 0 Å². The van der Waals surface area contributed by atoms with E-state index in [0.29, 0.717) is 0 Å². The number of hydrogen-bond acceptors (Lipinski definition) is 0. The molecule has 0 bridgehead atoms. The summed E-state index contributed by atoms with van der Waals surface area (Å²) in [7, 11) is 0. The maximum absolute atomic E-state index is 3.90. The molecule has 0 aliphatic heterocycles. The van der Waals surface area contributed by atoms with Crippen LogP contribution >= 0.6 is 0 Å². The molecule has 32 heavy (non-hydrogen) atoms. The molecule has 0 saturated heterocycles. The van der Waals surface area contributed by atoms with Crippen molar-refractivity contribution in [1.29, 1.82) is 0 Å². The summed E-state index contributed by atoms with van der Waals surface area (Å²) in [6.07, 6.45) is 16.4. The highest BCUT2D eigenvalue weighted by molar-refractivity contribution is 4.86. The summed E-state index contributed by atoms with van der Waals surface area (Å²) in [5, 5.41) is 0. The fraction of sp³-hybridized carbons (Fsp3) is 0.938. The molecule has 202 valence electrons.